The lowest BCUT2D eigenvalue weighted by Gasteiger charge is -1.89. The molecule has 0 aliphatic rings. The lowest BCUT2D eigenvalue weighted by atomic mass is 10.4. The summed E-state index contributed by atoms with van der Waals surface area (Å²) in [7, 11) is 0. The molecule has 12 heavy (non-hydrogen) atoms. The van der Waals surface area contributed by atoms with Crippen LogP contribution in [0, 0.1) is 8.70 Å². The molecule has 0 aliphatic heterocycles. The first kappa shape index (κ1) is 8.58. The highest BCUT2D eigenvalue weighted by Gasteiger charge is 2.13. The van der Waals surface area contributed by atoms with Crippen LogP contribution in [0.3, 0.4) is 0 Å². The topological polar surface area (TPSA) is 25.8 Å². The third-order valence-corrected chi connectivity index (χ3v) is 3.63. The molecule has 62 valence electrons. The largest absolute Gasteiger partial charge is 0.225 e. The van der Waals surface area contributed by atoms with Crippen molar-refractivity contribution in [2.24, 2.45) is 0 Å². The van der Waals surface area contributed by atoms with E-state index in [2.05, 4.69) is 9.97 Å². The summed E-state index contributed by atoms with van der Waals surface area (Å²) in [5.74, 6) is -0.318. The first-order valence-electron chi connectivity index (χ1n) is 2.94. The Bertz CT molecular complexity index is 444. The van der Waals surface area contributed by atoms with Gasteiger partial charge >= 0.3 is 0 Å². The minimum atomic E-state index is -0.318. The monoisotopic (exact) mass is 314 g/mol. The highest BCUT2D eigenvalue weighted by molar-refractivity contribution is 14.1. The average molecular weight is 315 g/mol. The molecule has 2 aromatic heterocycles. The third kappa shape index (κ3) is 1.20. The van der Waals surface area contributed by atoms with Crippen LogP contribution < -0.4 is 0 Å². The Kier molecular flexibility index (Phi) is 2.18. The van der Waals surface area contributed by atoms with Gasteiger partial charge in [-0.1, -0.05) is 11.6 Å². The van der Waals surface area contributed by atoms with Crippen LogP contribution in [0.2, 0.25) is 5.15 Å². The van der Waals surface area contributed by atoms with E-state index in [1.807, 2.05) is 22.6 Å². The van der Waals surface area contributed by atoms with Crippen LogP contribution in [0.5, 0.6) is 0 Å². The molecule has 2 nitrogen and oxygen atoms in total. The predicted molar refractivity (Wildman–Crippen MR) is 55.1 cm³/mol. The SMILES string of the molecule is Fc1c(I)sc2ncnc(Cl)c12. The molecule has 0 aromatic carbocycles. The van der Waals surface area contributed by atoms with Gasteiger partial charge in [0.15, 0.2) is 5.82 Å². The molecular weight excluding hydrogens is 314 g/mol. The molecule has 2 aromatic rings. The summed E-state index contributed by atoms with van der Waals surface area (Å²) in [5.41, 5.74) is 0. The van der Waals surface area contributed by atoms with Crippen LogP contribution in [0.25, 0.3) is 10.2 Å². The van der Waals surface area contributed by atoms with Gasteiger partial charge < -0.3 is 0 Å². The minimum absolute atomic E-state index is 0.177. The van der Waals surface area contributed by atoms with E-state index >= 15 is 0 Å². The Labute approximate surface area is 89.9 Å². The summed E-state index contributed by atoms with van der Waals surface area (Å²) in [6.07, 6.45) is 1.33. The second-order valence-corrected chi connectivity index (χ2v) is 5.20. The first-order chi connectivity index (χ1) is 5.70. The van der Waals surface area contributed by atoms with E-state index in [1.165, 1.54) is 17.7 Å². The summed E-state index contributed by atoms with van der Waals surface area (Å²) in [6.45, 7) is 0. The predicted octanol–water partition coefficient (Wildman–Crippen LogP) is 3.09. The molecule has 0 spiro atoms. The zero-order chi connectivity index (χ0) is 8.72. The number of rotatable bonds is 0. The number of fused-ring (bicyclic) bond motifs is 1. The lowest BCUT2D eigenvalue weighted by Crippen LogP contribution is -1.80. The molecule has 0 unspecified atom stereocenters. The summed E-state index contributed by atoms with van der Waals surface area (Å²) in [6, 6.07) is 0. The quantitative estimate of drug-likeness (QED) is 0.552. The smallest absolute Gasteiger partial charge is 0.159 e. The van der Waals surface area contributed by atoms with E-state index in [0.29, 0.717) is 13.1 Å². The van der Waals surface area contributed by atoms with Crippen LogP contribution in [0.1, 0.15) is 0 Å². The summed E-state index contributed by atoms with van der Waals surface area (Å²) < 4.78 is 13.8. The van der Waals surface area contributed by atoms with E-state index in [1.54, 1.807) is 0 Å². The number of nitrogens with zero attached hydrogens (tertiary/aromatic N) is 2. The van der Waals surface area contributed by atoms with E-state index in [4.69, 9.17) is 11.6 Å². The van der Waals surface area contributed by atoms with Gasteiger partial charge in [-0.15, -0.1) is 11.3 Å². The van der Waals surface area contributed by atoms with Gasteiger partial charge in [0.1, 0.15) is 19.2 Å². The van der Waals surface area contributed by atoms with Crippen molar-refractivity contribution in [3.05, 3.63) is 20.2 Å². The highest BCUT2D eigenvalue weighted by atomic mass is 127. The first-order valence-corrected chi connectivity index (χ1v) is 5.21. The van der Waals surface area contributed by atoms with Gasteiger partial charge in [-0.2, -0.15) is 0 Å². The van der Waals surface area contributed by atoms with Crippen molar-refractivity contribution in [1.29, 1.82) is 0 Å². The Hall–Kier alpha value is -0.0100. The number of aromatic nitrogens is 2. The van der Waals surface area contributed by atoms with Crippen LogP contribution in [0.15, 0.2) is 6.33 Å². The normalized spacial score (nSPS) is 10.9. The molecule has 0 bridgehead atoms. The zero-order valence-electron chi connectivity index (χ0n) is 5.51. The molecule has 2 rings (SSSR count). The molecular formula is C6HClFIN2S. The Balaban J connectivity index is 2.97. The van der Waals surface area contributed by atoms with Gasteiger partial charge in [-0.3, -0.25) is 0 Å². The maximum Gasteiger partial charge on any atom is 0.159 e. The van der Waals surface area contributed by atoms with Crippen molar-refractivity contribution in [2.45, 2.75) is 0 Å². The molecule has 0 aliphatic carbocycles. The number of hydrogen-bond donors (Lipinski definition) is 0. The van der Waals surface area contributed by atoms with Crippen LogP contribution in [0.4, 0.5) is 4.39 Å². The molecule has 0 amide bonds. The van der Waals surface area contributed by atoms with Crippen molar-refractivity contribution in [2.75, 3.05) is 0 Å². The molecule has 6 heteroatoms. The van der Waals surface area contributed by atoms with E-state index in [0.717, 1.165) is 0 Å². The minimum Gasteiger partial charge on any atom is -0.225 e. The van der Waals surface area contributed by atoms with Crippen molar-refractivity contribution in [3.8, 4) is 0 Å². The molecule has 0 saturated carbocycles. The third-order valence-electron chi connectivity index (χ3n) is 1.34. The highest BCUT2D eigenvalue weighted by Crippen LogP contribution is 2.32. The fourth-order valence-electron chi connectivity index (χ4n) is 0.839. The Morgan fingerprint density at radius 2 is 2.25 bits per heavy atom. The standard InChI is InChI=1S/C6HClFIN2S/c7-4-2-3(8)5(9)12-6(2)11-1-10-4/h1H. The number of hydrogen-bond acceptors (Lipinski definition) is 3. The van der Waals surface area contributed by atoms with Crippen LogP contribution in [-0.2, 0) is 0 Å². The maximum absolute atomic E-state index is 13.3. The number of halogens is 3. The Morgan fingerprint density at radius 3 is 2.92 bits per heavy atom. The van der Waals surface area contributed by atoms with Gasteiger partial charge in [0.2, 0.25) is 0 Å². The summed E-state index contributed by atoms with van der Waals surface area (Å²) >= 11 is 8.87. The molecule has 2 heterocycles. The van der Waals surface area contributed by atoms with E-state index in [-0.39, 0.29) is 11.0 Å². The van der Waals surface area contributed by atoms with Crippen LogP contribution in [-0.4, -0.2) is 9.97 Å². The molecule has 0 atom stereocenters. The van der Waals surface area contributed by atoms with Crippen molar-refractivity contribution in [1.82, 2.24) is 9.97 Å². The number of thiophene rings is 1. The van der Waals surface area contributed by atoms with Gasteiger partial charge in [-0.05, 0) is 22.6 Å². The van der Waals surface area contributed by atoms with Crippen molar-refractivity contribution >= 4 is 55.7 Å². The van der Waals surface area contributed by atoms with Gasteiger partial charge in [0, 0.05) is 0 Å². The maximum atomic E-state index is 13.3. The van der Waals surface area contributed by atoms with Gasteiger partial charge in [-0.25, -0.2) is 14.4 Å². The second-order valence-electron chi connectivity index (χ2n) is 2.03. The summed E-state index contributed by atoms with van der Waals surface area (Å²) in [5, 5.41) is 0.505. The average Bonchev–Trinajstić information content (AvgIpc) is 2.29. The van der Waals surface area contributed by atoms with Gasteiger partial charge in [0.25, 0.3) is 0 Å². The molecule has 0 fully saturated rings. The fraction of sp³-hybridized carbons (Fsp3) is 0. The van der Waals surface area contributed by atoms with Crippen LogP contribution >= 0.6 is 45.5 Å². The molecule has 0 radical (unpaired) electrons. The molecule has 0 saturated heterocycles. The van der Waals surface area contributed by atoms with Gasteiger partial charge in [0.05, 0.1) is 5.39 Å². The molecule has 0 N–H and O–H groups in total. The zero-order valence-corrected chi connectivity index (χ0v) is 9.24. The van der Waals surface area contributed by atoms with E-state index < -0.39 is 0 Å². The second kappa shape index (κ2) is 3.04. The summed E-state index contributed by atoms with van der Waals surface area (Å²) in [4.78, 5) is 8.20. The fourth-order valence-corrected chi connectivity index (χ4v) is 2.76. The van der Waals surface area contributed by atoms with Crippen molar-refractivity contribution in [3.63, 3.8) is 0 Å². The lowest BCUT2D eigenvalue weighted by molar-refractivity contribution is 0.637. The van der Waals surface area contributed by atoms with E-state index in [9.17, 15) is 4.39 Å². The van der Waals surface area contributed by atoms with Crippen molar-refractivity contribution < 1.29 is 4.39 Å². The Morgan fingerprint density at radius 1 is 1.50 bits per heavy atom.